The Morgan fingerprint density at radius 1 is 1.38 bits per heavy atom. The van der Waals surface area contributed by atoms with Crippen LogP contribution in [0, 0.1) is 0 Å². The zero-order valence-corrected chi connectivity index (χ0v) is 12.6. The van der Waals surface area contributed by atoms with E-state index < -0.39 is 5.91 Å². The molecule has 6 heteroatoms. The highest BCUT2D eigenvalue weighted by molar-refractivity contribution is 6.11. The first kappa shape index (κ1) is 15.3. The summed E-state index contributed by atoms with van der Waals surface area (Å²) in [6.45, 7) is 1.29. The Balaban J connectivity index is 2.29. The van der Waals surface area contributed by atoms with Crippen molar-refractivity contribution in [1.29, 1.82) is 0 Å². The van der Waals surface area contributed by atoms with Crippen LogP contribution in [0.5, 0.6) is 0 Å². The van der Waals surface area contributed by atoms with E-state index in [2.05, 4.69) is 35.4 Å². The molecule has 21 heavy (non-hydrogen) atoms. The van der Waals surface area contributed by atoms with Gasteiger partial charge in [-0.3, -0.25) is 4.79 Å². The number of aryl methyl sites for hydroxylation is 1. The summed E-state index contributed by atoms with van der Waals surface area (Å²) >= 11 is 0. The highest BCUT2D eigenvalue weighted by Crippen LogP contribution is 2.27. The molecule has 0 radical (unpaired) electrons. The lowest BCUT2D eigenvalue weighted by Crippen LogP contribution is -2.17. The quantitative estimate of drug-likeness (QED) is 0.573. The van der Waals surface area contributed by atoms with E-state index in [1.54, 1.807) is 0 Å². The zero-order valence-electron chi connectivity index (χ0n) is 12.6. The number of carbonyl (C=O) groups excluding carboxylic acids is 1. The Bertz CT molecular complexity index is 632. The summed E-state index contributed by atoms with van der Waals surface area (Å²) in [6.07, 6.45) is 2.09. The minimum absolute atomic E-state index is 0.239. The molecule has 1 aromatic carbocycles. The van der Waals surface area contributed by atoms with E-state index in [-0.39, 0.29) is 6.67 Å². The van der Waals surface area contributed by atoms with Gasteiger partial charge in [0.25, 0.3) is 5.91 Å². The fraction of sp³-hybridized carbons (Fsp3) is 0.400. The summed E-state index contributed by atoms with van der Waals surface area (Å²) in [5.74, 6) is 0.128. The van der Waals surface area contributed by atoms with Crippen molar-refractivity contribution in [2.24, 2.45) is 11.5 Å². The largest absolute Gasteiger partial charge is 0.365 e. The predicted molar refractivity (Wildman–Crippen MR) is 86.4 cm³/mol. The van der Waals surface area contributed by atoms with Gasteiger partial charge in [0.05, 0.1) is 12.2 Å². The average Bonchev–Trinajstić information content (AvgIpc) is 2.76. The van der Waals surface area contributed by atoms with Gasteiger partial charge in [0.2, 0.25) is 0 Å². The van der Waals surface area contributed by atoms with Crippen molar-refractivity contribution in [2.45, 2.75) is 12.8 Å². The van der Waals surface area contributed by atoms with Crippen LogP contribution in [0.2, 0.25) is 0 Å². The summed E-state index contributed by atoms with van der Waals surface area (Å²) in [4.78, 5) is 17.0. The van der Waals surface area contributed by atoms with E-state index in [0.717, 1.165) is 30.3 Å². The summed E-state index contributed by atoms with van der Waals surface area (Å²) in [7, 11) is 4.14. The molecule has 0 bridgehead atoms. The highest BCUT2D eigenvalue weighted by Gasteiger charge is 2.15. The predicted octanol–water partition coefficient (Wildman–Crippen LogP) is 1.09. The lowest BCUT2D eigenvalue weighted by atomic mass is 10.1. The molecule has 0 saturated carbocycles. The molecule has 2 rings (SSSR count). The maximum absolute atomic E-state index is 11.6. The number of amides is 1. The van der Waals surface area contributed by atoms with E-state index in [0.29, 0.717) is 11.4 Å². The number of nitrogens with one attached hydrogen (secondary N) is 2. The van der Waals surface area contributed by atoms with Crippen molar-refractivity contribution >= 4 is 22.6 Å². The number of nitrogens with two attached hydrogens (primary N) is 2. The molecule has 0 fully saturated rings. The van der Waals surface area contributed by atoms with Gasteiger partial charge in [0, 0.05) is 10.9 Å². The van der Waals surface area contributed by atoms with E-state index >= 15 is 0 Å². The van der Waals surface area contributed by atoms with Gasteiger partial charge in [-0.05, 0) is 45.1 Å². The third kappa shape index (κ3) is 3.53. The molecule has 6 nitrogen and oxygen atoms in total. The number of aromatic amines is 1. The summed E-state index contributed by atoms with van der Waals surface area (Å²) in [5.41, 5.74) is 13.6. The molecular weight excluding hydrogens is 266 g/mol. The number of aromatic nitrogens is 1. The maximum atomic E-state index is 11.6. The Morgan fingerprint density at radius 2 is 2.14 bits per heavy atom. The van der Waals surface area contributed by atoms with E-state index in [1.165, 1.54) is 5.56 Å². The SMILES string of the molecule is CN(C)CCCc1ccc2c(C(N)=O)c(NCN)[nH]c2c1. The minimum Gasteiger partial charge on any atom is -0.365 e. The number of nitrogens with zero attached hydrogens (tertiary/aromatic N) is 1. The van der Waals surface area contributed by atoms with Crippen LogP contribution in [-0.2, 0) is 6.42 Å². The van der Waals surface area contributed by atoms with Crippen molar-refractivity contribution < 1.29 is 4.79 Å². The van der Waals surface area contributed by atoms with E-state index in [1.807, 2.05) is 12.1 Å². The van der Waals surface area contributed by atoms with Crippen LogP contribution in [0.4, 0.5) is 5.82 Å². The molecule has 0 atom stereocenters. The van der Waals surface area contributed by atoms with Crippen molar-refractivity contribution in [3.05, 3.63) is 29.3 Å². The normalized spacial score (nSPS) is 11.2. The lowest BCUT2D eigenvalue weighted by Gasteiger charge is -2.08. The van der Waals surface area contributed by atoms with Crippen LogP contribution in [0.15, 0.2) is 18.2 Å². The molecule has 0 saturated heterocycles. The Kier molecular flexibility index (Phi) is 4.82. The van der Waals surface area contributed by atoms with Crippen LogP contribution in [-0.4, -0.2) is 43.1 Å². The number of primary amides is 1. The number of hydrogen-bond acceptors (Lipinski definition) is 4. The van der Waals surface area contributed by atoms with Crippen molar-refractivity contribution in [3.63, 3.8) is 0 Å². The highest BCUT2D eigenvalue weighted by atomic mass is 16.1. The van der Waals surface area contributed by atoms with Crippen molar-refractivity contribution in [2.75, 3.05) is 32.6 Å². The Hall–Kier alpha value is -2.05. The van der Waals surface area contributed by atoms with Crippen LogP contribution < -0.4 is 16.8 Å². The lowest BCUT2D eigenvalue weighted by molar-refractivity contribution is 0.100. The van der Waals surface area contributed by atoms with Gasteiger partial charge >= 0.3 is 0 Å². The number of rotatable bonds is 7. The van der Waals surface area contributed by atoms with Gasteiger partial charge in [-0.15, -0.1) is 0 Å². The van der Waals surface area contributed by atoms with Gasteiger partial charge in [-0.1, -0.05) is 12.1 Å². The minimum atomic E-state index is -0.461. The third-order valence-electron chi connectivity index (χ3n) is 3.46. The van der Waals surface area contributed by atoms with Gasteiger partial charge in [0.1, 0.15) is 5.82 Å². The van der Waals surface area contributed by atoms with Crippen LogP contribution >= 0.6 is 0 Å². The number of H-pyrrole nitrogens is 1. The summed E-state index contributed by atoms with van der Waals surface area (Å²) in [5, 5.41) is 3.77. The molecule has 1 amide bonds. The van der Waals surface area contributed by atoms with E-state index in [4.69, 9.17) is 11.5 Å². The second-order valence-corrected chi connectivity index (χ2v) is 5.41. The molecule has 2 aromatic rings. The number of carbonyl (C=O) groups is 1. The second-order valence-electron chi connectivity index (χ2n) is 5.41. The Labute approximate surface area is 124 Å². The van der Waals surface area contributed by atoms with Gasteiger partial charge in [-0.25, -0.2) is 0 Å². The zero-order chi connectivity index (χ0) is 15.4. The monoisotopic (exact) mass is 289 g/mol. The summed E-state index contributed by atoms with van der Waals surface area (Å²) < 4.78 is 0. The molecule has 1 heterocycles. The number of benzene rings is 1. The Morgan fingerprint density at radius 3 is 2.76 bits per heavy atom. The maximum Gasteiger partial charge on any atom is 0.253 e. The molecule has 0 aliphatic rings. The number of hydrogen-bond donors (Lipinski definition) is 4. The van der Waals surface area contributed by atoms with E-state index in [9.17, 15) is 4.79 Å². The molecule has 0 aliphatic carbocycles. The van der Waals surface area contributed by atoms with Crippen LogP contribution in [0.3, 0.4) is 0 Å². The smallest absolute Gasteiger partial charge is 0.253 e. The fourth-order valence-electron chi connectivity index (χ4n) is 2.49. The molecular formula is C15H23N5O. The number of fused-ring (bicyclic) bond motifs is 1. The molecule has 0 aliphatic heterocycles. The average molecular weight is 289 g/mol. The molecule has 0 unspecified atom stereocenters. The molecule has 0 spiro atoms. The summed E-state index contributed by atoms with van der Waals surface area (Å²) in [6, 6.07) is 6.06. The van der Waals surface area contributed by atoms with Crippen molar-refractivity contribution in [3.8, 4) is 0 Å². The topological polar surface area (TPSA) is 100 Å². The molecule has 114 valence electrons. The second kappa shape index (κ2) is 6.60. The first-order valence-electron chi connectivity index (χ1n) is 7.06. The fourth-order valence-corrected chi connectivity index (χ4v) is 2.49. The van der Waals surface area contributed by atoms with Gasteiger partial charge < -0.3 is 26.7 Å². The van der Waals surface area contributed by atoms with Crippen LogP contribution in [0.25, 0.3) is 10.9 Å². The number of anilines is 1. The molecule has 6 N–H and O–H groups in total. The molecule has 1 aromatic heterocycles. The van der Waals surface area contributed by atoms with Crippen molar-refractivity contribution in [1.82, 2.24) is 9.88 Å². The van der Waals surface area contributed by atoms with Crippen LogP contribution in [0.1, 0.15) is 22.3 Å². The first-order valence-corrected chi connectivity index (χ1v) is 7.06. The first-order chi connectivity index (χ1) is 10.0. The standard InChI is InChI=1S/C15H23N5O/c1-20(2)7-3-4-10-5-6-11-12(8-10)19-15(18-9-16)13(11)14(17)21/h5-6,8,18-19H,3-4,7,9,16H2,1-2H3,(H2,17,21). The van der Waals surface area contributed by atoms with Gasteiger partial charge in [-0.2, -0.15) is 0 Å². The van der Waals surface area contributed by atoms with Gasteiger partial charge in [0.15, 0.2) is 0 Å². The third-order valence-corrected chi connectivity index (χ3v) is 3.46.